The first kappa shape index (κ1) is 12.4. The first-order valence-electron chi connectivity index (χ1n) is 6.43. The van der Waals surface area contributed by atoms with Crippen LogP contribution in [0.15, 0.2) is 54.7 Å². The van der Waals surface area contributed by atoms with E-state index < -0.39 is 5.97 Å². The summed E-state index contributed by atoms with van der Waals surface area (Å²) in [5.74, 6) is -0.817. The van der Waals surface area contributed by atoms with E-state index in [1.165, 1.54) is 0 Å². The van der Waals surface area contributed by atoms with Crippen LogP contribution < -0.4 is 0 Å². The topological polar surface area (TPSA) is 55.1 Å². The summed E-state index contributed by atoms with van der Waals surface area (Å²) in [5, 5.41) is 14.4. The third-order valence-corrected chi connectivity index (χ3v) is 3.33. The molecule has 0 spiro atoms. The van der Waals surface area contributed by atoms with Crippen molar-refractivity contribution in [3.63, 3.8) is 0 Å². The zero-order valence-electron chi connectivity index (χ0n) is 10.9. The summed E-state index contributed by atoms with van der Waals surface area (Å²) in [7, 11) is 0. The van der Waals surface area contributed by atoms with Crippen LogP contribution in [0.1, 0.15) is 11.1 Å². The molecule has 0 aliphatic rings. The van der Waals surface area contributed by atoms with Gasteiger partial charge in [0, 0.05) is 5.39 Å². The fraction of sp³-hybridized carbons (Fsp3) is 0.125. The van der Waals surface area contributed by atoms with Gasteiger partial charge in [-0.1, -0.05) is 42.5 Å². The lowest BCUT2D eigenvalue weighted by molar-refractivity contribution is -0.136. The molecule has 3 rings (SSSR count). The second-order valence-corrected chi connectivity index (χ2v) is 4.70. The predicted molar refractivity (Wildman–Crippen MR) is 76.6 cm³/mol. The molecule has 4 nitrogen and oxygen atoms in total. The first-order valence-corrected chi connectivity index (χ1v) is 6.43. The molecule has 2 aromatic carbocycles. The van der Waals surface area contributed by atoms with Gasteiger partial charge in [-0.05, 0) is 17.2 Å². The highest BCUT2D eigenvalue weighted by atomic mass is 16.4. The van der Waals surface area contributed by atoms with Crippen LogP contribution in [-0.4, -0.2) is 20.9 Å². The Labute approximate surface area is 116 Å². The fourth-order valence-electron chi connectivity index (χ4n) is 2.36. The summed E-state index contributed by atoms with van der Waals surface area (Å²) in [6, 6.07) is 15.6. The summed E-state index contributed by atoms with van der Waals surface area (Å²) in [4.78, 5) is 10.9. The Morgan fingerprint density at radius 1 is 1.05 bits per heavy atom. The molecule has 1 N–H and O–H groups in total. The number of rotatable bonds is 4. The van der Waals surface area contributed by atoms with E-state index in [2.05, 4.69) is 5.10 Å². The molecule has 0 aliphatic heterocycles. The minimum absolute atomic E-state index is 0.0371. The van der Waals surface area contributed by atoms with Crippen LogP contribution >= 0.6 is 0 Å². The van der Waals surface area contributed by atoms with Crippen LogP contribution in [-0.2, 0) is 17.8 Å². The molecule has 4 heteroatoms. The molecule has 0 unspecified atom stereocenters. The molecule has 100 valence electrons. The molecule has 1 aromatic heterocycles. The van der Waals surface area contributed by atoms with Crippen LogP contribution in [0, 0.1) is 0 Å². The summed E-state index contributed by atoms with van der Waals surface area (Å²) >= 11 is 0. The molecule has 20 heavy (non-hydrogen) atoms. The minimum Gasteiger partial charge on any atom is -0.481 e. The Bertz CT molecular complexity index is 762. The zero-order chi connectivity index (χ0) is 13.9. The Morgan fingerprint density at radius 2 is 1.75 bits per heavy atom. The second kappa shape index (κ2) is 5.17. The average molecular weight is 266 g/mol. The molecule has 0 fully saturated rings. The number of para-hydroxylation sites is 1. The lowest BCUT2D eigenvalue weighted by Crippen LogP contribution is -2.08. The predicted octanol–water partition coefficient (Wildman–Crippen LogP) is 2.71. The average Bonchev–Trinajstić information content (AvgIpc) is 2.84. The van der Waals surface area contributed by atoms with Gasteiger partial charge in [-0.25, -0.2) is 0 Å². The van der Waals surface area contributed by atoms with Crippen molar-refractivity contribution in [3.8, 4) is 0 Å². The minimum atomic E-state index is -0.817. The first-order chi connectivity index (χ1) is 9.74. The number of benzene rings is 2. The number of aromatic nitrogens is 2. The van der Waals surface area contributed by atoms with Crippen molar-refractivity contribution in [1.82, 2.24) is 9.78 Å². The molecular formula is C16H14N2O2. The van der Waals surface area contributed by atoms with Gasteiger partial charge < -0.3 is 5.11 Å². The van der Waals surface area contributed by atoms with E-state index >= 15 is 0 Å². The van der Waals surface area contributed by atoms with Gasteiger partial charge >= 0.3 is 5.97 Å². The molecule has 0 saturated heterocycles. The van der Waals surface area contributed by atoms with Gasteiger partial charge in [0.2, 0.25) is 0 Å². The van der Waals surface area contributed by atoms with E-state index in [0.717, 1.165) is 22.0 Å². The quantitative estimate of drug-likeness (QED) is 0.790. The SMILES string of the molecule is O=C(O)Cc1ccccc1Cn1ncc2ccccc21. The number of hydrogen-bond donors (Lipinski definition) is 1. The number of fused-ring (bicyclic) bond motifs is 1. The number of carboxylic acid groups (broad SMARTS) is 1. The van der Waals surface area contributed by atoms with Crippen LogP contribution in [0.25, 0.3) is 10.9 Å². The van der Waals surface area contributed by atoms with Crippen molar-refractivity contribution in [2.45, 2.75) is 13.0 Å². The van der Waals surface area contributed by atoms with Crippen LogP contribution in [0.5, 0.6) is 0 Å². The lowest BCUT2D eigenvalue weighted by atomic mass is 10.0. The number of aliphatic carboxylic acids is 1. The smallest absolute Gasteiger partial charge is 0.307 e. The van der Waals surface area contributed by atoms with Gasteiger partial charge in [-0.2, -0.15) is 5.10 Å². The summed E-state index contributed by atoms with van der Waals surface area (Å²) in [6.45, 7) is 0.580. The zero-order valence-corrected chi connectivity index (χ0v) is 10.9. The maximum atomic E-state index is 10.9. The van der Waals surface area contributed by atoms with Crippen molar-refractivity contribution in [2.24, 2.45) is 0 Å². The van der Waals surface area contributed by atoms with Crippen LogP contribution in [0.2, 0.25) is 0 Å². The maximum absolute atomic E-state index is 10.9. The van der Waals surface area contributed by atoms with Crippen molar-refractivity contribution >= 4 is 16.9 Å². The van der Waals surface area contributed by atoms with Crippen LogP contribution in [0.3, 0.4) is 0 Å². The Kier molecular flexibility index (Phi) is 3.21. The Morgan fingerprint density at radius 3 is 2.55 bits per heavy atom. The molecule has 0 radical (unpaired) electrons. The number of carbonyl (C=O) groups is 1. The number of nitrogens with zero attached hydrogens (tertiary/aromatic N) is 2. The largest absolute Gasteiger partial charge is 0.481 e. The standard InChI is InChI=1S/C16H14N2O2/c19-16(20)9-12-5-1-2-7-14(12)11-18-15-8-4-3-6-13(15)10-17-18/h1-8,10H,9,11H2,(H,19,20). The van der Waals surface area contributed by atoms with E-state index in [1.807, 2.05) is 59.4 Å². The molecule has 0 saturated carbocycles. The van der Waals surface area contributed by atoms with Crippen molar-refractivity contribution < 1.29 is 9.90 Å². The van der Waals surface area contributed by atoms with Gasteiger partial charge in [0.25, 0.3) is 0 Å². The number of hydrogen-bond acceptors (Lipinski definition) is 2. The Balaban J connectivity index is 1.97. The van der Waals surface area contributed by atoms with E-state index in [1.54, 1.807) is 0 Å². The highest BCUT2D eigenvalue weighted by Crippen LogP contribution is 2.17. The van der Waals surface area contributed by atoms with Gasteiger partial charge in [-0.3, -0.25) is 9.48 Å². The molecule has 3 aromatic rings. The second-order valence-electron chi connectivity index (χ2n) is 4.70. The summed E-state index contributed by atoms with van der Waals surface area (Å²) in [5.41, 5.74) is 2.88. The molecule has 0 bridgehead atoms. The maximum Gasteiger partial charge on any atom is 0.307 e. The van der Waals surface area contributed by atoms with Gasteiger partial charge in [0.1, 0.15) is 0 Å². The lowest BCUT2D eigenvalue weighted by Gasteiger charge is -2.08. The Hall–Kier alpha value is -2.62. The summed E-state index contributed by atoms with van der Waals surface area (Å²) in [6.07, 6.45) is 1.87. The normalized spacial score (nSPS) is 10.8. The summed E-state index contributed by atoms with van der Waals surface area (Å²) < 4.78 is 1.90. The van der Waals surface area contributed by atoms with E-state index in [4.69, 9.17) is 5.11 Å². The highest BCUT2D eigenvalue weighted by Gasteiger charge is 2.08. The van der Waals surface area contributed by atoms with E-state index in [9.17, 15) is 4.79 Å². The van der Waals surface area contributed by atoms with E-state index in [0.29, 0.717) is 6.54 Å². The molecule has 0 aliphatic carbocycles. The van der Waals surface area contributed by atoms with E-state index in [-0.39, 0.29) is 6.42 Å². The molecule has 0 amide bonds. The monoisotopic (exact) mass is 266 g/mol. The van der Waals surface area contributed by atoms with Crippen molar-refractivity contribution in [3.05, 3.63) is 65.9 Å². The fourth-order valence-corrected chi connectivity index (χ4v) is 2.36. The van der Waals surface area contributed by atoms with Crippen molar-refractivity contribution in [1.29, 1.82) is 0 Å². The third-order valence-electron chi connectivity index (χ3n) is 3.33. The van der Waals surface area contributed by atoms with Crippen LogP contribution in [0.4, 0.5) is 0 Å². The third kappa shape index (κ3) is 2.40. The molecular weight excluding hydrogens is 252 g/mol. The number of carboxylic acids is 1. The molecule has 0 atom stereocenters. The highest BCUT2D eigenvalue weighted by molar-refractivity contribution is 5.78. The van der Waals surface area contributed by atoms with Gasteiger partial charge in [-0.15, -0.1) is 0 Å². The van der Waals surface area contributed by atoms with Gasteiger partial charge in [0.15, 0.2) is 0 Å². The molecule has 1 heterocycles. The van der Waals surface area contributed by atoms with Gasteiger partial charge in [0.05, 0.1) is 24.7 Å². The van der Waals surface area contributed by atoms with Crippen molar-refractivity contribution in [2.75, 3.05) is 0 Å².